The van der Waals surface area contributed by atoms with E-state index in [-0.39, 0.29) is 40.4 Å². The number of nitrogens with zero attached hydrogens (tertiary/aromatic N) is 4. The lowest BCUT2D eigenvalue weighted by molar-refractivity contribution is -0.0400. The highest BCUT2D eigenvalue weighted by Gasteiger charge is 2.35. The normalized spacial score (nSPS) is 14.5. The minimum atomic E-state index is -3.14. The fourth-order valence-corrected chi connectivity index (χ4v) is 4.45. The second-order valence-electron chi connectivity index (χ2n) is 8.47. The zero-order chi connectivity index (χ0) is 25.3. The molecule has 4 rings (SSSR count). The van der Waals surface area contributed by atoms with Crippen LogP contribution < -0.4 is 11.2 Å². The lowest BCUT2D eigenvalue weighted by Gasteiger charge is -2.37. The summed E-state index contributed by atoms with van der Waals surface area (Å²) in [6.45, 7) is -0.448. The Morgan fingerprint density at radius 2 is 1.97 bits per heavy atom. The van der Waals surface area contributed by atoms with Crippen molar-refractivity contribution >= 4 is 11.6 Å². The molecule has 0 amide bonds. The van der Waals surface area contributed by atoms with Crippen LogP contribution in [0.15, 0.2) is 46.2 Å². The predicted octanol–water partition coefficient (Wildman–Crippen LogP) is 4.16. The van der Waals surface area contributed by atoms with Crippen molar-refractivity contribution in [3.63, 3.8) is 0 Å². The molecular weight excluding hydrogens is 485 g/mol. The molecule has 3 aromatic rings. The summed E-state index contributed by atoms with van der Waals surface area (Å²) >= 11 is 5.99. The fraction of sp³-hybridized carbons (Fsp3) is 0.333. The molecule has 7 nitrogen and oxygen atoms in total. The van der Waals surface area contributed by atoms with Crippen LogP contribution >= 0.6 is 11.6 Å². The van der Waals surface area contributed by atoms with Gasteiger partial charge in [-0.2, -0.15) is 5.26 Å². The number of pyridine rings is 1. The Balaban J connectivity index is 2.04. The number of halogens is 4. The third-order valence-electron chi connectivity index (χ3n) is 6.26. The summed E-state index contributed by atoms with van der Waals surface area (Å²) in [5.41, 5.74) is -3.68. The molecule has 1 aliphatic carbocycles. The molecule has 0 aliphatic heterocycles. The Kier molecular flexibility index (Phi) is 6.83. The lowest BCUT2D eigenvalue weighted by atomic mass is 9.76. The van der Waals surface area contributed by atoms with Crippen LogP contribution in [-0.2, 0) is 13.0 Å². The Labute approximate surface area is 202 Å². The molecule has 2 heterocycles. The first-order valence-electron chi connectivity index (χ1n) is 10.8. The molecule has 1 fully saturated rings. The number of hydrogen-bond acceptors (Lipinski definition) is 5. The second kappa shape index (κ2) is 9.68. The van der Waals surface area contributed by atoms with Crippen molar-refractivity contribution in [3.05, 3.63) is 79.6 Å². The SMILES string of the molecule is N#CCn1c(CCC2(O)CCC2)c(-c2ccc(F)c(C(F)F)c2)c(=O)n(-c2cncc(Cl)c2)c1=O. The van der Waals surface area contributed by atoms with Crippen LogP contribution in [0, 0.1) is 17.1 Å². The van der Waals surface area contributed by atoms with Crippen LogP contribution in [0.4, 0.5) is 13.2 Å². The van der Waals surface area contributed by atoms with Crippen molar-refractivity contribution in [1.82, 2.24) is 14.1 Å². The lowest BCUT2D eigenvalue weighted by Crippen LogP contribution is -2.43. The molecule has 1 saturated carbocycles. The van der Waals surface area contributed by atoms with Gasteiger partial charge in [-0.1, -0.05) is 17.7 Å². The number of aliphatic hydroxyl groups is 1. The average molecular weight is 505 g/mol. The van der Waals surface area contributed by atoms with E-state index in [0.29, 0.717) is 12.8 Å². The maximum Gasteiger partial charge on any atom is 0.336 e. The third kappa shape index (κ3) is 4.74. The Morgan fingerprint density at radius 1 is 1.23 bits per heavy atom. The number of nitriles is 1. The largest absolute Gasteiger partial charge is 0.390 e. The summed E-state index contributed by atoms with van der Waals surface area (Å²) in [5.74, 6) is -1.14. The van der Waals surface area contributed by atoms with Gasteiger partial charge in [-0.05, 0) is 55.9 Å². The molecule has 2 aromatic heterocycles. The van der Waals surface area contributed by atoms with Crippen molar-refractivity contribution in [3.8, 4) is 22.9 Å². The number of hydrogen-bond donors (Lipinski definition) is 1. The molecule has 0 saturated heterocycles. The molecule has 0 radical (unpaired) electrons. The predicted molar refractivity (Wildman–Crippen MR) is 122 cm³/mol. The molecule has 182 valence electrons. The van der Waals surface area contributed by atoms with Gasteiger partial charge in [0, 0.05) is 11.9 Å². The third-order valence-corrected chi connectivity index (χ3v) is 6.47. The van der Waals surface area contributed by atoms with Crippen molar-refractivity contribution in [1.29, 1.82) is 5.26 Å². The molecule has 0 bridgehead atoms. The molecule has 0 spiro atoms. The minimum Gasteiger partial charge on any atom is -0.390 e. The fourth-order valence-electron chi connectivity index (χ4n) is 4.28. The zero-order valence-electron chi connectivity index (χ0n) is 18.3. The standard InChI is InChI=1S/C24H20ClF3N4O3/c25-15-11-16(13-30-12-15)32-22(33)20(14-2-3-18(26)17(10-14)21(27)28)19(31(9-8-29)23(32)34)4-7-24(35)5-1-6-24/h2-3,10-13,21,35H,1,4-7,9H2. The van der Waals surface area contributed by atoms with Gasteiger partial charge in [-0.25, -0.2) is 22.5 Å². The molecular formula is C24H20ClF3N4O3. The number of benzene rings is 1. The first-order chi connectivity index (χ1) is 16.6. The summed E-state index contributed by atoms with van der Waals surface area (Å²) in [7, 11) is 0. The number of aromatic nitrogens is 3. The highest BCUT2D eigenvalue weighted by molar-refractivity contribution is 6.30. The summed E-state index contributed by atoms with van der Waals surface area (Å²) in [4.78, 5) is 31.0. The highest BCUT2D eigenvalue weighted by Crippen LogP contribution is 2.36. The van der Waals surface area contributed by atoms with E-state index in [1.165, 1.54) is 24.5 Å². The maximum atomic E-state index is 14.0. The van der Waals surface area contributed by atoms with E-state index in [0.717, 1.165) is 27.7 Å². The van der Waals surface area contributed by atoms with Crippen molar-refractivity contribution in [2.75, 3.05) is 0 Å². The van der Waals surface area contributed by atoms with Gasteiger partial charge in [0.05, 0.1) is 39.7 Å². The van der Waals surface area contributed by atoms with E-state index in [9.17, 15) is 33.1 Å². The van der Waals surface area contributed by atoms with Gasteiger partial charge < -0.3 is 5.11 Å². The van der Waals surface area contributed by atoms with Crippen LogP contribution in [0.5, 0.6) is 0 Å². The molecule has 1 aromatic carbocycles. The average Bonchev–Trinajstić information content (AvgIpc) is 2.79. The molecule has 35 heavy (non-hydrogen) atoms. The summed E-state index contributed by atoms with van der Waals surface area (Å²) < 4.78 is 42.8. The summed E-state index contributed by atoms with van der Waals surface area (Å²) in [5, 5.41) is 20.2. The second-order valence-corrected chi connectivity index (χ2v) is 8.90. The van der Waals surface area contributed by atoms with Gasteiger partial charge in [0.1, 0.15) is 12.4 Å². The monoisotopic (exact) mass is 504 g/mol. The van der Waals surface area contributed by atoms with Crippen LogP contribution in [0.25, 0.3) is 16.8 Å². The van der Waals surface area contributed by atoms with Crippen molar-refractivity contribution in [2.45, 2.75) is 50.7 Å². The molecule has 0 unspecified atom stereocenters. The molecule has 1 N–H and O–H groups in total. The van der Waals surface area contributed by atoms with E-state index in [4.69, 9.17) is 11.6 Å². The van der Waals surface area contributed by atoms with E-state index >= 15 is 0 Å². The van der Waals surface area contributed by atoms with Crippen molar-refractivity contribution in [2.24, 2.45) is 0 Å². The van der Waals surface area contributed by atoms with Crippen LogP contribution in [0.2, 0.25) is 5.02 Å². The Morgan fingerprint density at radius 3 is 2.57 bits per heavy atom. The zero-order valence-corrected chi connectivity index (χ0v) is 19.1. The minimum absolute atomic E-state index is 0.0146. The Hall–Kier alpha value is -3.42. The number of rotatable bonds is 7. The molecule has 1 aliphatic rings. The van der Waals surface area contributed by atoms with E-state index < -0.39 is 41.2 Å². The van der Waals surface area contributed by atoms with Gasteiger partial charge in [-0.3, -0.25) is 14.3 Å². The maximum absolute atomic E-state index is 14.0. The smallest absolute Gasteiger partial charge is 0.336 e. The van der Waals surface area contributed by atoms with Crippen molar-refractivity contribution < 1.29 is 18.3 Å². The Bertz CT molecular complexity index is 1440. The van der Waals surface area contributed by atoms with Crippen LogP contribution in [0.3, 0.4) is 0 Å². The topological polar surface area (TPSA) is 101 Å². The molecule has 0 atom stereocenters. The quantitative estimate of drug-likeness (QED) is 0.520. The van der Waals surface area contributed by atoms with Crippen LogP contribution in [-0.4, -0.2) is 24.8 Å². The summed E-state index contributed by atoms with van der Waals surface area (Å²) in [6, 6.07) is 6.06. The van der Waals surface area contributed by atoms with E-state index in [1.54, 1.807) is 0 Å². The first kappa shape index (κ1) is 24.7. The van der Waals surface area contributed by atoms with Gasteiger partial charge >= 0.3 is 5.69 Å². The van der Waals surface area contributed by atoms with E-state index in [1.807, 2.05) is 6.07 Å². The number of alkyl halides is 2. The summed E-state index contributed by atoms with van der Waals surface area (Å²) in [6.07, 6.45) is 1.51. The van der Waals surface area contributed by atoms with Gasteiger partial charge in [0.25, 0.3) is 12.0 Å². The highest BCUT2D eigenvalue weighted by atomic mass is 35.5. The van der Waals surface area contributed by atoms with Gasteiger partial charge in [-0.15, -0.1) is 0 Å². The van der Waals surface area contributed by atoms with Gasteiger partial charge in [0.2, 0.25) is 0 Å². The van der Waals surface area contributed by atoms with E-state index in [2.05, 4.69) is 4.98 Å². The van der Waals surface area contributed by atoms with Gasteiger partial charge in [0.15, 0.2) is 0 Å². The first-order valence-corrected chi connectivity index (χ1v) is 11.2. The van der Waals surface area contributed by atoms with Crippen LogP contribution in [0.1, 0.15) is 43.4 Å². The molecule has 11 heteroatoms.